The number of nitrogens with zero attached hydrogens (tertiary/aromatic N) is 3. The maximum Gasteiger partial charge on any atom is 0.193 e. The number of halogens is 1. The molecule has 3 rings (SSSR count). The van der Waals surface area contributed by atoms with Crippen LogP contribution in [0.3, 0.4) is 0 Å². The predicted octanol–water partition coefficient (Wildman–Crippen LogP) is 3.44. The Bertz CT molecular complexity index is 686. The summed E-state index contributed by atoms with van der Waals surface area (Å²) in [7, 11) is 4.02. The molecule has 0 spiro atoms. The van der Waals surface area contributed by atoms with Gasteiger partial charge in [-0.2, -0.15) is 0 Å². The Hall–Kier alpha value is -1.70. The van der Waals surface area contributed by atoms with Crippen LogP contribution in [0.25, 0.3) is 0 Å². The Morgan fingerprint density at radius 3 is 2.74 bits per heavy atom. The molecular formula is C24H39FN4O2. The van der Waals surface area contributed by atoms with Crippen molar-refractivity contribution < 1.29 is 13.9 Å². The fraction of sp³-hybridized carbons (Fsp3) is 0.708. The average molecular weight is 435 g/mol. The van der Waals surface area contributed by atoms with Gasteiger partial charge in [-0.3, -0.25) is 4.99 Å². The third-order valence-electron chi connectivity index (χ3n) is 6.14. The van der Waals surface area contributed by atoms with E-state index in [1.54, 1.807) is 12.1 Å². The van der Waals surface area contributed by atoms with E-state index in [0.717, 1.165) is 63.6 Å². The van der Waals surface area contributed by atoms with Crippen molar-refractivity contribution in [2.75, 3.05) is 53.5 Å². The highest BCUT2D eigenvalue weighted by Crippen LogP contribution is 2.21. The minimum atomic E-state index is -0.207. The zero-order valence-electron chi connectivity index (χ0n) is 19.4. The summed E-state index contributed by atoms with van der Waals surface area (Å²) in [5.74, 6) is 0.723. The summed E-state index contributed by atoms with van der Waals surface area (Å²) in [5.41, 5.74) is 0.946. The van der Waals surface area contributed by atoms with Crippen LogP contribution in [0.15, 0.2) is 29.3 Å². The van der Waals surface area contributed by atoms with Crippen LogP contribution < -0.4 is 5.32 Å². The summed E-state index contributed by atoms with van der Waals surface area (Å²) in [5, 5.41) is 3.43. The van der Waals surface area contributed by atoms with Gasteiger partial charge in [-0.05, 0) is 70.8 Å². The van der Waals surface area contributed by atoms with Gasteiger partial charge in [-0.15, -0.1) is 0 Å². The van der Waals surface area contributed by atoms with E-state index in [9.17, 15) is 4.39 Å². The maximum absolute atomic E-state index is 13.7. The molecule has 0 amide bonds. The van der Waals surface area contributed by atoms with Crippen molar-refractivity contribution in [2.45, 2.75) is 57.3 Å². The number of nitrogens with one attached hydrogen (secondary N) is 1. The minimum absolute atomic E-state index is 0.0284. The third kappa shape index (κ3) is 7.44. The molecule has 2 atom stereocenters. The van der Waals surface area contributed by atoms with Gasteiger partial charge in [0.05, 0.1) is 31.4 Å². The van der Waals surface area contributed by atoms with Crippen LogP contribution in [0.1, 0.15) is 50.6 Å². The molecule has 2 aliphatic heterocycles. The Morgan fingerprint density at radius 2 is 2.10 bits per heavy atom. The van der Waals surface area contributed by atoms with Gasteiger partial charge in [0.2, 0.25) is 0 Å². The summed E-state index contributed by atoms with van der Waals surface area (Å²) in [6.45, 7) is 6.93. The van der Waals surface area contributed by atoms with Crippen molar-refractivity contribution >= 4 is 5.96 Å². The highest BCUT2D eigenvalue weighted by molar-refractivity contribution is 5.80. The molecule has 2 unspecified atom stereocenters. The predicted molar refractivity (Wildman–Crippen MR) is 123 cm³/mol. The molecule has 1 aromatic carbocycles. The number of benzene rings is 1. The fourth-order valence-corrected chi connectivity index (χ4v) is 4.30. The topological polar surface area (TPSA) is 49.3 Å². The molecule has 31 heavy (non-hydrogen) atoms. The average Bonchev–Trinajstić information content (AvgIpc) is 2.78. The van der Waals surface area contributed by atoms with Gasteiger partial charge in [0.25, 0.3) is 0 Å². The normalized spacial score (nSPS) is 22.0. The molecule has 2 aliphatic rings. The number of hydrogen-bond donors (Lipinski definition) is 1. The molecule has 1 N–H and O–H groups in total. The Labute approximate surface area is 186 Å². The van der Waals surface area contributed by atoms with Crippen LogP contribution in [-0.2, 0) is 9.47 Å². The smallest absolute Gasteiger partial charge is 0.193 e. The van der Waals surface area contributed by atoms with Gasteiger partial charge in [0, 0.05) is 26.2 Å². The second-order valence-electron chi connectivity index (χ2n) is 8.74. The van der Waals surface area contributed by atoms with Gasteiger partial charge in [0.15, 0.2) is 5.96 Å². The first-order valence-electron chi connectivity index (χ1n) is 11.7. The molecule has 2 fully saturated rings. The quantitative estimate of drug-likeness (QED) is 0.502. The van der Waals surface area contributed by atoms with Gasteiger partial charge in [-0.25, -0.2) is 4.39 Å². The number of piperidine rings is 1. The van der Waals surface area contributed by atoms with Crippen LogP contribution in [0.5, 0.6) is 0 Å². The van der Waals surface area contributed by atoms with Crippen LogP contribution in [-0.4, -0.2) is 81.5 Å². The summed E-state index contributed by atoms with van der Waals surface area (Å²) >= 11 is 0. The number of likely N-dealkylation sites (tertiary alicyclic amines) is 1. The first-order chi connectivity index (χ1) is 15.1. The van der Waals surface area contributed by atoms with Gasteiger partial charge in [0.1, 0.15) is 5.82 Å². The van der Waals surface area contributed by atoms with Crippen LogP contribution in [0.2, 0.25) is 0 Å². The monoisotopic (exact) mass is 434 g/mol. The summed E-state index contributed by atoms with van der Waals surface area (Å²) in [6, 6.07) is 6.84. The van der Waals surface area contributed by atoms with Crippen LogP contribution >= 0.6 is 0 Å². The van der Waals surface area contributed by atoms with E-state index >= 15 is 0 Å². The molecule has 174 valence electrons. The SMILES string of the molecule is CCNC(=NCC(c1cccc(F)c1)N(C)C)N1CCC(OCC2CCCCO2)CC1. The van der Waals surface area contributed by atoms with E-state index < -0.39 is 0 Å². The standard InChI is InChI=1S/C24H39FN4O2/c1-4-26-24(27-17-23(28(2)3)19-8-7-9-20(25)16-19)29-13-11-21(12-14-29)31-18-22-10-5-6-15-30-22/h7-9,16,21-23H,4-6,10-15,17-18H2,1-3H3,(H,26,27). The van der Waals surface area contributed by atoms with E-state index in [1.807, 2.05) is 20.2 Å². The zero-order valence-corrected chi connectivity index (χ0v) is 19.4. The molecular weight excluding hydrogens is 395 g/mol. The number of rotatable bonds is 8. The lowest BCUT2D eigenvalue weighted by Gasteiger charge is -2.35. The third-order valence-corrected chi connectivity index (χ3v) is 6.14. The number of ether oxygens (including phenoxy) is 2. The first-order valence-corrected chi connectivity index (χ1v) is 11.7. The lowest BCUT2D eigenvalue weighted by atomic mass is 10.1. The van der Waals surface area contributed by atoms with Crippen LogP contribution in [0, 0.1) is 5.82 Å². The van der Waals surface area contributed by atoms with Crippen molar-refractivity contribution in [2.24, 2.45) is 4.99 Å². The molecule has 0 aliphatic carbocycles. The minimum Gasteiger partial charge on any atom is -0.376 e. The highest BCUT2D eigenvalue weighted by atomic mass is 19.1. The lowest BCUT2D eigenvalue weighted by Crippen LogP contribution is -2.47. The van der Waals surface area contributed by atoms with Crippen LogP contribution in [0.4, 0.5) is 4.39 Å². The van der Waals surface area contributed by atoms with Gasteiger partial charge >= 0.3 is 0 Å². The molecule has 1 aromatic rings. The highest BCUT2D eigenvalue weighted by Gasteiger charge is 2.24. The van der Waals surface area contributed by atoms with Crippen molar-refractivity contribution in [3.05, 3.63) is 35.6 Å². The second-order valence-corrected chi connectivity index (χ2v) is 8.74. The lowest BCUT2D eigenvalue weighted by molar-refractivity contribution is -0.0721. The summed E-state index contributed by atoms with van der Waals surface area (Å²) in [4.78, 5) is 9.33. The molecule has 2 saturated heterocycles. The number of likely N-dealkylation sites (N-methyl/N-ethyl adjacent to an activating group) is 1. The number of aliphatic imine (C=N–C) groups is 1. The molecule has 0 aromatic heterocycles. The van der Waals surface area contributed by atoms with Crippen molar-refractivity contribution in [3.63, 3.8) is 0 Å². The van der Waals surface area contributed by atoms with E-state index in [-0.39, 0.29) is 18.0 Å². The summed E-state index contributed by atoms with van der Waals surface area (Å²) < 4.78 is 25.7. The maximum atomic E-state index is 13.7. The largest absolute Gasteiger partial charge is 0.376 e. The molecule has 0 bridgehead atoms. The van der Waals surface area contributed by atoms with Crippen molar-refractivity contribution in [1.82, 2.24) is 15.1 Å². The molecule has 7 heteroatoms. The Kier molecular flexibility index (Phi) is 9.55. The van der Waals surface area contributed by atoms with Crippen molar-refractivity contribution in [3.8, 4) is 0 Å². The zero-order chi connectivity index (χ0) is 22.1. The van der Waals surface area contributed by atoms with E-state index in [2.05, 4.69) is 22.0 Å². The van der Waals surface area contributed by atoms with E-state index in [0.29, 0.717) is 12.6 Å². The van der Waals surface area contributed by atoms with Crippen molar-refractivity contribution in [1.29, 1.82) is 0 Å². The molecule has 0 saturated carbocycles. The Balaban J connectivity index is 1.54. The number of hydrogen-bond acceptors (Lipinski definition) is 4. The molecule has 2 heterocycles. The number of guanidine groups is 1. The molecule has 6 nitrogen and oxygen atoms in total. The molecule has 0 radical (unpaired) electrons. The van der Waals surface area contributed by atoms with E-state index in [4.69, 9.17) is 14.5 Å². The Morgan fingerprint density at radius 1 is 1.29 bits per heavy atom. The van der Waals surface area contributed by atoms with Gasteiger partial charge < -0.3 is 24.6 Å². The van der Waals surface area contributed by atoms with E-state index in [1.165, 1.54) is 18.9 Å². The van der Waals surface area contributed by atoms with Gasteiger partial charge in [-0.1, -0.05) is 12.1 Å². The first kappa shape index (κ1) is 24.0. The summed E-state index contributed by atoms with van der Waals surface area (Å²) in [6.07, 6.45) is 6.11. The fourth-order valence-electron chi connectivity index (χ4n) is 4.30. The second kappa shape index (κ2) is 12.4.